The molecule has 6 nitrogen and oxygen atoms in total. The molecule has 162 valence electrons. The molecule has 5 N–H and O–H groups in total. The minimum Gasteiger partial charge on any atom is -0.508 e. The Morgan fingerprint density at radius 2 is 1.50 bits per heavy atom. The van der Waals surface area contributed by atoms with Gasteiger partial charge in [0, 0.05) is 5.41 Å². The first kappa shape index (κ1) is 23.4. The van der Waals surface area contributed by atoms with Gasteiger partial charge in [-0.15, -0.1) is 0 Å². The number of hydrogen-bond donors (Lipinski definition) is 4. The van der Waals surface area contributed by atoms with Crippen LogP contribution in [-0.2, 0) is 22.4 Å². The van der Waals surface area contributed by atoms with Crippen molar-refractivity contribution in [1.29, 1.82) is 0 Å². The molecule has 2 atom stereocenters. The second kappa shape index (κ2) is 9.30. The maximum Gasteiger partial charge on any atom is 0.237 e. The lowest BCUT2D eigenvalue weighted by atomic mass is 9.83. The molecule has 0 aliphatic heterocycles. The lowest BCUT2D eigenvalue weighted by molar-refractivity contribution is -0.132. The summed E-state index contributed by atoms with van der Waals surface area (Å²) in [5.41, 5.74) is 8.57. The maximum absolute atomic E-state index is 13.0. The third kappa shape index (κ3) is 6.07. The van der Waals surface area contributed by atoms with Crippen LogP contribution in [0.2, 0.25) is 0 Å². The van der Waals surface area contributed by atoms with E-state index in [-0.39, 0.29) is 17.3 Å². The number of nitrogens with two attached hydrogens (primary N) is 1. The normalized spacial score (nSPS) is 13.5. The molecule has 0 aliphatic rings. The fourth-order valence-corrected chi connectivity index (χ4v) is 3.39. The van der Waals surface area contributed by atoms with Gasteiger partial charge in [0.05, 0.1) is 12.1 Å². The lowest BCUT2D eigenvalue weighted by Gasteiger charge is -2.27. The highest BCUT2D eigenvalue weighted by molar-refractivity contribution is 5.93. The molecule has 0 heterocycles. The number of carbonyl (C=O) groups is 2. The molecule has 1 amide bonds. The molecule has 0 spiro atoms. The fourth-order valence-electron chi connectivity index (χ4n) is 3.39. The third-order valence-electron chi connectivity index (χ3n) is 5.09. The Bertz CT molecular complexity index is 891. The van der Waals surface area contributed by atoms with E-state index in [1.165, 1.54) is 0 Å². The number of rotatable bonds is 7. The minimum atomic E-state index is -0.826. The van der Waals surface area contributed by atoms with Crippen LogP contribution in [0, 0.1) is 19.3 Å². The molecule has 0 aromatic heterocycles. The van der Waals surface area contributed by atoms with Crippen LogP contribution in [0.1, 0.15) is 43.0 Å². The number of nitrogens with one attached hydrogen (secondary N) is 1. The van der Waals surface area contributed by atoms with Crippen LogP contribution in [-0.4, -0.2) is 34.0 Å². The van der Waals surface area contributed by atoms with Crippen LogP contribution in [0.4, 0.5) is 0 Å². The standard InChI is InChI=1S/C24H32N2O4/c1-14-10-17(11-15(2)21(14)28)13-20(22(29)24(3,4)5)26-23(30)19(25)12-16-6-8-18(27)9-7-16/h6-11,19-20,27-28H,12-13,25H2,1-5H3,(H,26,30)/t19-,20-/m0/s1. The molecule has 0 fully saturated rings. The van der Waals surface area contributed by atoms with Crippen molar-refractivity contribution in [2.45, 2.75) is 59.5 Å². The van der Waals surface area contributed by atoms with Crippen LogP contribution in [0.3, 0.4) is 0 Å². The highest BCUT2D eigenvalue weighted by atomic mass is 16.3. The van der Waals surface area contributed by atoms with Crippen LogP contribution in [0.5, 0.6) is 11.5 Å². The number of ketones is 1. The van der Waals surface area contributed by atoms with Gasteiger partial charge >= 0.3 is 0 Å². The first-order chi connectivity index (χ1) is 13.9. The summed E-state index contributed by atoms with van der Waals surface area (Å²) in [5.74, 6) is -0.113. The summed E-state index contributed by atoms with van der Waals surface area (Å²) in [6, 6.07) is 8.61. The van der Waals surface area contributed by atoms with Gasteiger partial charge < -0.3 is 21.3 Å². The van der Waals surface area contributed by atoms with Crippen LogP contribution in [0.15, 0.2) is 36.4 Å². The van der Waals surface area contributed by atoms with E-state index in [1.807, 2.05) is 32.9 Å². The highest BCUT2D eigenvalue weighted by Gasteiger charge is 2.32. The highest BCUT2D eigenvalue weighted by Crippen LogP contribution is 2.25. The van der Waals surface area contributed by atoms with Crippen molar-refractivity contribution in [1.82, 2.24) is 5.32 Å². The number of aryl methyl sites for hydroxylation is 2. The molecule has 0 saturated heterocycles. The molecule has 0 unspecified atom stereocenters. The first-order valence-corrected chi connectivity index (χ1v) is 10.1. The van der Waals surface area contributed by atoms with E-state index >= 15 is 0 Å². The van der Waals surface area contributed by atoms with Crippen LogP contribution >= 0.6 is 0 Å². The fraction of sp³-hybridized carbons (Fsp3) is 0.417. The van der Waals surface area contributed by atoms with E-state index < -0.39 is 23.4 Å². The number of phenols is 2. The van der Waals surface area contributed by atoms with E-state index in [1.54, 1.807) is 38.1 Å². The molecule has 6 heteroatoms. The van der Waals surface area contributed by atoms with Crippen LogP contribution in [0.25, 0.3) is 0 Å². The van der Waals surface area contributed by atoms with Gasteiger partial charge in [0.2, 0.25) is 5.91 Å². The maximum atomic E-state index is 13.0. The Kier molecular flexibility index (Phi) is 7.26. The number of amides is 1. The van der Waals surface area contributed by atoms with Crippen molar-refractivity contribution in [2.75, 3.05) is 0 Å². The topological polar surface area (TPSA) is 113 Å². The minimum absolute atomic E-state index is 0.0870. The Balaban J connectivity index is 2.19. The molecule has 0 saturated carbocycles. The number of Topliss-reactive ketones (excluding diaryl/α,β-unsaturated/α-hetero) is 1. The number of benzene rings is 2. The first-order valence-electron chi connectivity index (χ1n) is 10.1. The van der Waals surface area contributed by atoms with Crippen LogP contribution < -0.4 is 11.1 Å². The summed E-state index contributed by atoms with van der Waals surface area (Å²) in [7, 11) is 0. The number of phenolic OH excluding ortho intramolecular Hbond substituents is 2. The summed E-state index contributed by atoms with van der Waals surface area (Å²) < 4.78 is 0. The Morgan fingerprint density at radius 1 is 0.967 bits per heavy atom. The smallest absolute Gasteiger partial charge is 0.237 e. The van der Waals surface area contributed by atoms with E-state index in [4.69, 9.17) is 5.73 Å². The zero-order valence-electron chi connectivity index (χ0n) is 18.3. The zero-order chi connectivity index (χ0) is 22.6. The molecule has 30 heavy (non-hydrogen) atoms. The lowest BCUT2D eigenvalue weighted by Crippen LogP contribution is -2.52. The zero-order valence-corrected chi connectivity index (χ0v) is 18.3. The van der Waals surface area contributed by atoms with E-state index in [9.17, 15) is 19.8 Å². The molecule has 2 aromatic rings. The molecule has 2 aromatic carbocycles. The van der Waals surface area contributed by atoms with Crippen molar-refractivity contribution in [3.63, 3.8) is 0 Å². The van der Waals surface area contributed by atoms with E-state index in [0.717, 1.165) is 22.3 Å². The molecule has 0 radical (unpaired) electrons. The number of hydrogen-bond acceptors (Lipinski definition) is 5. The molecule has 2 rings (SSSR count). The second-order valence-electron chi connectivity index (χ2n) is 8.93. The van der Waals surface area contributed by atoms with Gasteiger partial charge in [-0.05, 0) is 61.1 Å². The number of carbonyl (C=O) groups excluding carboxylic acids is 2. The predicted octanol–water partition coefficient (Wildman–Crippen LogP) is 2.93. The molecule has 0 bridgehead atoms. The van der Waals surface area contributed by atoms with Crippen molar-refractivity contribution < 1.29 is 19.8 Å². The molecular formula is C24H32N2O4. The summed E-state index contributed by atoms with van der Waals surface area (Å²) in [6.45, 7) is 9.06. The summed E-state index contributed by atoms with van der Waals surface area (Å²) in [5, 5.41) is 22.2. The van der Waals surface area contributed by atoms with Gasteiger partial charge in [-0.25, -0.2) is 0 Å². The number of aromatic hydroxyl groups is 2. The van der Waals surface area contributed by atoms with Crippen molar-refractivity contribution in [3.8, 4) is 11.5 Å². The third-order valence-corrected chi connectivity index (χ3v) is 5.09. The average Bonchev–Trinajstić information content (AvgIpc) is 2.65. The van der Waals surface area contributed by atoms with Gasteiger partial charge in [0.15, 0.2) is 5.78 Å². The average molecular weight is 413 g/mol. The van der Waals surface area contributed by atoms with Crippen molar-refractivity contribution in [3.05, 3.63) is 58.7 Å². The Labute approximate surface area is 178 Å². The van der Waals surface area contributed by atoms with Crippen molar-refractivity contribution >= 4 is 11.7 Å². The molecular weight excluding hydrogens is 380 g/mol. The molecule has 0 aliphatic carbocycles. The Hall–Kier alpha value is -2.86. The summed E-state index contributed by atoms with van der Waals surface area (Å²) in [4.78, 5) is 25.8. The SMILES string of the molecule is Cc1cc(C[C@H](NC(=O)[C@@H](N)Cc2ccc(O)cc2)C(=O)C(C)(C)C)cc(C)c1O. The van der Waals surface area contributed by atoms with Gasteiger partial charge in [0.25, 0.3) is 0 Å². The monoisotopic (exact) mass is 412 g/mol. The van der Waals surface area contributed by atoms with Gasteiger partial charge in [0.1, 0.15) is 11.5 Å². The largest absolute Gasteiger partial charge is 0.508 e. The van der Waals surface area contributed by atoms with Gasteiger partial charge in [-0.3, -0.25) is 9.59 Å². The van der Waals surface area contributed by atoms with Gasteiger partial charge in [-0.1, -0.05) is 45.0 Å². The quantitative estimate of drug-likeness (QED) is 0.559. The summed E-state index contributed by atoms with van der Waals surface area (Å²) >= 11 is 0. The van der Waals surface area contributed by atoms with E-state index in [0.29, 0.717) is 12.8 Å². The second-order valence-corrected chi connectivity index (χ2v) is 8.93. The summed E-state index contributed by atoms with van der Waals surface area (Å²) in [6.07, 6.45) is 0.607. The van der Waals surface area contributed by atoms with Crippen molar-refractivity contribution in [2.24, 2.45) is 11.1 Å². The van der Waals surface area contributed by atoms with Gasteiger partial charge in [-0.2, -0.15) is 0 Å². The van der Waals surface area contributed by atoms with E-state index in [2.05, 4.69) is 5.32 Å². The Morgan fingerprint density at radius 3 is 2.00 bits per heavy atom. The predicted molar refractivity (Wildman–Crippen MR) is 117 cm³/mol.